The van der Waals surface area contributed by atoms with E-state index in [-0.39, 0.29) is 22.5 Å². The number of hydrogen-bond donors (Lipinski definition) is 0. The maximum atomic E-state index is 10.7. The molecule has 58 valence electrons. The van der Waals surface area contributed by atoms with E-state index in [2.05, 4.69) is 4.36 Å². The number of amides is 1. The van der Waals surface area contributed by atoms with Crippen LogP contribution in [0.1, 0.15) is 12.8 Å². The third-order valence-electron chi connectivity index (χ3n) is 1.36. The molecule has 1 saturated heterocycles. The van der Waals surface area contributed by atoms with Crippen molar-refractivity contribution in [3.63, 3.8) is 0 Å². The highest BCUT2D eigenvalue weighted by molar-refractivity contribution is 7.87. The summed E-state index contributed by atoms with van der Waals surface area (Å²) in [5.41, 5.74) is 0. The van der Waals surface area contributed by atoms with Crippen molar-refractivity contribution < 1.29 is 4.79 Å². The lowest BCUT2D eigenvalue weighted by Gasteiger charge is -1.92. The van der Waals surface area contributed by atoms with Crippen LogP contribution in [0.15, 0.2) is 4.36 Å². The molecule has 1 amide bonds. The second-order valence-electron chi connectivity index (χ2n) is 2.20. The number of nitrogens with zero attached hydrogens (tertiary/aromatic N) is 1. The van der Waals surface area contributed by atoms with Crippen molar-refractivity contribution in [2.24, 2.45) is 4.36 Å². The van der Waals surface area contributed by atoms with Crippen LogP contribution < -0.4 is 0 Å². The molecule has 0 aromatic carbocycles. The van der Waals surface area contributed by atoms with Gasteiger partial charge in [0, 0.05) is 11.5 Å². The minimum absolute atomic E-state index is 0.0337. The molecule has 1 aliphatic rings. The van der Waals surface area contributed by atoms with E-state index in [1.807, 2.05) is 0 Å². The second kappa shape index (κ2) is 4.09. The van der Waals surface area contributed by atoms with Gasteiger partial charge in [0.25, 0.3) is 5.91 Å². The van der Waals surface area contributed by atoms with Crippen molar-refractivity contribution in [1.29, 1.82) is 0 Å². The average molecular weight is 180 g/mol. The Hall–Kier alpha value is 0.110. The van der Waals surface area contributed by atoms with E-state index in [0.717, 1.165) is 11.5 Å². The van der Waals surface area contributed by atoms with Crippen LogP contribution in [0.2, 0.25) is 0 Å². The molecule has 0 aromatic rings. The van der Waals surface area contributed by atoms with Gasteiger partial charge in [-0.3, -0.25) is 4.79 Å². The summed E-state index contributed by atoms with van der Waals surface area (Å²) in [4.78, 5) is 10.7. The number of carbonyl (C=O) groups excluding carboxylic acids is 1. The second-order valence-corrected chi connectivity index (χ2v) is 4.39. The monoisotopic (exact) mass is 179 g/mol. The van der Waals surface area contributed by atoms with Crippen molar-refractivity contribution >= 4 is 28.2 Å². The minimum atomic E-state index is -0.146. The van der Waals surface area contributed by atoms with Crippen LogP contribution in [0.25, 0.3) is 0 Å². The van der Waals surface area contributed by atoms with Gasteiger partial charge < -0.3 is 0 Å². The Kier molecular flexibility index (Phi) is 3.35. The predicted molar refractivity (Wildman–Crippen MR) is 44.5 cm³/mol. The topological polar surface area (TPSA) is 29.4 Å². The molecule has 0 aromatic heterocycles. The normalized spacial score (nSPS) is 19.3. The van der Waals surface area contributed by atoms with E-state index in [1.165, 1.54) is 12.8 Å². The van der Waals surface area contributed by atoms with Crippen LogP contribution in [-0.4, -0.2) is 23.3 Å². The molecule has 2 nitrogen and oxygen atoms in total. The van der Waals surface area contributed by atoms with Crippen LogP contribution in [0.3, 0.4) is 0 Å². The molecule has 0 N–H and O–H groups in total. The summed E-state index contributed by atoms with van der Waals surface area (Å²) >= 11 is 5.29. The largest absolute Gasteiger partial charge is 0.271 e. The van der Waals surface area contributed by atoms with Gasteiger partial charge in [0.2, 0.25) is 0 Å². The molecule has 0 atom stereocenters. The number of rotatable bonds is 1. The van der Waals surface area contributed by atoms with Gasteiger partial charge in [-0.25, -0.2) is 0 Å². The molecule has 0 aliphatic carbocycles. The molecule has 0 spiro atoms. The van der Waals surface area contributed by atoms with E-state index < -0.39 is 0 Å². The maximum absolute atomic E-state index is 10.7. The van der Waals surface area contributed by atoms with Crippen LogP contribution >= 0.6 is 11.6 Å². The van der Waals surface area contributed by atoms with Gasteiger partial charge in [0.1, 0.15) is 5.88 Å². The van der Waals surface area contributed by atoms with Gasteiger partial charge >= 0.3 is 0 Å². The lowest BCUT2D eigenvalue weighted by molar-refractivity contribution is -0.115. The molecular weight excluding hydrogens is 170 g/mol. The number of alkyl halides is 1. The summed E-state index contributed by atoms with van der Waals surface area (Å²) in [5, 5.41) is 0. The summed E-state index contributed by atoms with van der Waals surface area (Å²) in [7, 11) is 0.0337. The zero-order chi connectivity index (χ0) is 7.40. The molecule has 1 aliphatic heterocycles. The molecule has 4 heteroatoms. The summed E-state index contributed by atoms with van der Waals surface area (Å²) in [5.74, 6) is 2.10. The number of carbonyl (C=O) groups is 1. The molecule has 1 fully saturated rings. The Morgan fingerprint density at radius 1 is 1.50 bits per heavy atom. The SMILES string of the molecule is O=C(CCl)N=S1CCCC1. The minimum Gasteiger partial charge on any atom is -0.271 e. The summed E-state index contributed by atoms with van der Waals surface area (Å²) < 4.78 is 3.95. The Bertz CT molecular complexity index is 161. The van der Waals surface area contributed by atoms with E-state index in [4.69, 9.17) is 11.6 Å². The van der Waals surface area contributed by atoms with Gasteiger partial charge in [-0.15, -0.1) is 11.6 Å². The summed E-state index contributed by atoms with van der Waals surface area (Å²) in [6, 6.07) is 0. The van der Waals surface area contributed by atoms with Crippen LogP contribution in [-0.2, 0) is 15.5 Å². The first-order chi connectivity index (χ1) is 4.83. The molecule has 0 saturated carbocycles. The zero-order valence-corrected chi connectivity index (χ0v) is 7.25. The van der Waals surface area contributed by atoms with Gasteiger partial charge in [0.15, 0.2) is 0 Å². The first-order valence-corrected chi connectivity index (χ1v) is 5.36. The predicted octanol–water partition coefficient (Wildman–Crippen LogP) is 1.35. The number of hydrogen-bond acceptors (Lipinski definition) is 1. The maximum Gasteiger partial charge on any atom is 0.266 e. The van der Waals surface area contributed by atoms with E-state index in [1.54, 1.807) is 0 Å². The third kappa shape index (κ3) is 2.39. The molecule has 0 bridgehead atoms. The molecule has 0 unspecified atom stereocenters. The molecular formula is C6H10ClNOS. The number of halogens is 1. The van der Waals surface area contributed by atoms with Crippen molar-refractivity contribution in [3.8, 4) is 0 Å². The zero-order valence-electron chi connectivity index (χ0n) is 5.68. The van der Waals surface area contributed by atoms with E-state index in [0.29, 0.717) is 0 Å². The molecule has 10 heavy (non-hydrogen) atoms. The van der Waals surface area contributed by atoms with Crippen LogP contribution in [0, 0.1) is 0 Å². The lowest BCUT2D eigenvalue weighted by atomic mass is 10.4. The van der Waals surface area contributed by atoms with Gasteiger partial charge in [-0.2, -0.15) is 4.36 Å². The van der Waals surface area contributed by atoms with Crippen LogP contribution in [0.5, 0.6) is 0 Å². The third-order valence-corrected chi connectivity index (χ3v) is 3.57. The molecule has 1 rings (SSSR count). The first kappa shape index (κ1) is 8.21. The fourth-order valence-electron chi connectivity index (χ4n) is 0.899. The molecule has 1 heterocycles. The average Bonchev–Trinajstić information content (AvgIpc) is 2.40. The standard InChI is InChI=1S/C6H10ClNOS/c7-5-6(9)8-10-3-1-2-4-10/h1-5H2. The Balaban J connectivity index is 2.45. The van der Waals surface area contributed by atoms with Crippen molar-refractivity contribution in [2.75, 3.05) is 17.4 Å². The Morgan fingerprint density at radius 3 is 2.60 bits per heavy atom. The smallest absolute Gasteiger partial charge is 0.266 e. The Labute approximate surface area is 68.1 Å². The van der Waals surface area contributed by atoms with Crippen molar-refractivity contribution in [1.82, 2.24) is 0 Å². The summed E-state index contributed by atoms with van der Waals surface area (Å²) in [6.07, 6.45) is 2.45. The van der Waals surface area contributed by atoms with Gasteiger partial charge in [-0.05, 0) is 12.8 Å². The van der Waals surface area contributed by atoms with Gasteiger partial charge in [-0.1, -0.05) is 10.7 Å². The van der Waals surface area contributed by atoms with E-state index >= 15 is 0 Å². The highest BCUT2D eigenvalue weighted by atomic mass is 35.5. The van der Waals surface area contributed by atoms with Crippen LogP contribution in [0.4, 0.5) is 0 Å². The first-order valence-electron chi connectivity index (χ1n) is 3.31. The highest BCUT2D eigenvalue weighted by Gasteiger charge is 2.07. The van der Waals surface area contributed by atoms with E-state index in [9.17, 15) is 4.79 Å². The molecule has 0 radical (unpaired) electrons. The lowest BCUT2D eigenvalue weighted by Crippen LogP contribution is -1.99. The highest BCUT2D eigenvalue weighted by Crippen LogP contribution is 2.08. The Morgan fingerprint density at radius 2 is 2.10 bits per heavy atom. The fourth-order valence-corrected chi connectivity index (χ4v) is 2.84. The fraction of sp³-hybridized carbons (Fsp3) is 0.833. The van der Waals surface area contributed by atoms with Gasteiger partial charge in [0.05, 0.1) is 0 Å². The van der Waals surface area contributed by atoms with Crippen molar-refractivity contribution in [3.05, 3.63) is 0 Å². The van der Waals surface area contributed by atoms with Crippen molar-refractivity contribution in [2.45, 2.75) is 12.8 Å². The summed E-state index contributed by atoms with van der Waals surface area (Å²) in [6.45, 7) is 0. The quantitative estimate of drug-likeness (QED) is 0.559.